The van der Waals surface area contributed by atoms with Gasteiger partial charge in [-0.2, -0.15) is 13.2 Å². The van der Waals surface area contributed by atoms with Gasteiger partial charge >= 0.3 is 6.18 Å². The van der Waals surface area contributed by atoms with Gasteiger partial charge in [0.15, 0.2) is 0 Å². The van der Waals surface area contributed by atoms with E-state index in [0.29, 0.717) is 13.0 Å². The number of nitrogens with one attached hydrogen (secondary N) is 1. The van der Waals surface area contributed by atoms with Gasteiger partial charge in [-0.15, -0.1) is 0 Å². The van der Waals surface area contributed by atoms with Crippen molar-refractivity contribution in [3.63, 3.8) is 0 Å². The molecule has 1 fully saturated rings. The second kappa shape index (κ2) is 6.99. The van der Waals surface area contributed by atoms with E-state index < -0.39 is 12.6 Å². The fraction of sp³-hybridized carbons (Fsp3) is 0.933. The minimum absolute atomic E-state index is 0.0502. The van der Waals surface area contributed by atoms with Crippen LogP contribution in [0.3, 0.4) is 0 Å². The third-order valence-electron chi connectivity index (χ3n) is 5.01. The zero-order chi connectivity index (χ0) is 16.3. The van der Waals surface area contributed by atoms with Crippen molar-refractivity contribution in [1.82, 2.24) is 5.32 Å². The van der Waals surface area contributed by atoms with Crippen LogP contribution in [0.5, 0.6) is 0 Å². The molecule has 0 aliphatic heterocycles. The molecule has 3 unspecified atom stereocenters. The number of hydrogen-bond donors (Lipinski definition) is 2. The molecule has 1 amide bonds. The predicted molar refractivity (Wildman–Crippen MR) is 76.6 cm³/mol. The first-order valence-corrected chi connectivity index (χ1v) is 7.65. The molecule has 0 aromatic heterocycles. The number of halogens is 3. The highest BCUT2D eigenvalue weighted by atomic mass is 19.4. The maximum atomic E-state index is 12.3. The fourth-order valence-electron chi connectivity index (χ4n) is 3.10. The summed E-state index contributed by atoms with van der Waals surface area (Å²) < 4.78 is 36.0. The molecule has 0 heterocycles. The number of amides is 1. The summed E-state index contributed by atoms with van der Waals surface area (Å²) in [7, 11) is 0. The highest BCUT2D eigenvalue weighted by molar-refractivity contribution is 5.79. The summed E-state index contributed by atoms with van der Waals surface area (Å²) >= 11 is 0. The standard InChI is InChI=1S/C15H27F3N2O/c1-10-12(19)7-6-11(14(10,2)3)13(21)20-9-5-4-8-15(16,17)18/h10-12H,4-9,19H2,1-3H3,(H,20,21). The Labute approximate surface area is 124 Å². The molecular formula is C15H27F3N2O. The summed E-state index contributed by atoms with van der Waals surface area (Å²) in [4.78, 5) is 12.3. The Kier molecular flexibility index (Phi) is 6.08. The van der Waals surface area contributed by atoms with Crippen LogP contribution >= 0.6 is 0 Å². The van der Waals surface area contributed by atoms with Crippen molar-refractivity contribution < 1.29 is 18.0 Å². The molecule has 1 rings (SSSR count). The van der Waals surface area contributed by atoms with E-state index in [9.17, 15) is 18.0 Å². The normalized spacial score (nSPS) is 29.2. The molecule has 1 aliphatic rings. The first-order chi connectivity index (χ1) is 9.55. The van der Waals surface area contributed by atoms with Crippen LogP contribution in [-0.4, -0.2) is 24.7 Å². The Bertz CT molecular complexity index is 355. The quantitative estimate of drug-likeness (QED) is 0.766. The summed E-state index contributed by atoms with van der Waals surface area (Å²) in [5.74, 6) is 0.0768. The predicted octanol–water partition coefficient (Wildman–Crippen LogP) is 3.23. The number of alkyl halides is 3. The van der Waals surface area contributed by atoms with Crippen molar-refractivity contribution in [3.8, 4) is 0 Å². The van der Waals surface area contributed by atoms with Crippen molar-refractivity contribution in [2.75, 3.05) is 6.54 Å². The van der Waals surface area contributed by atoms with Gasteiger partial charge in [0, 0.05) is 24.9 Å². The summed E-state index contributed by atoms with van der Waals surface area (Å²) in [5.41, 5.74) is 5.87. The molecule has 1 aliphatic carbocycles. The SMILES string of the molecule is CC1C(N)CCC(C(=O)NCCCCC(F)(F)F)C1(C)C. The zero-order valence-electron chi connectivity index (χ0n) is 13.1. The molecule has 0 aromatic carbocycles. The Hall–Kier alpha value is -0.780. The van der Waals surface area contributed by atoms with E-state index in [1.807, 2.05) is 13.8 Å². The van der Waals surface area contributed by atoms with Crippen LogP contribution in [-0.2, 0) is 4.79 Å². The molecule has 0 saturated heterocycles. The molecule has 0 radical (unpaired) electrons. The van der Waals surface area contributed by atoms with E-state index in [4.69, 9.17) is 5.73 Å². The van der Waals surface area contributed by atoms with Gasteiger partial charge in [0.1, 0.15) is 0 Å². The molecule has 6 heteroatoms. The topological polar surface area (TPSA) is 55.1 Å². The summed E-state index contributed by atoms with van der Waals surface area (Å²) in [6, 6.07) is 0.107. The van der Waals surface area contributed by atoms with E-state index in [0.717, 1.165) is 12.8 Å². The lowest BCUT2D eigenvalue weighted by Gasteiger charge is -2.46. The molecule has 0 spiro atoms. The lowest BCUT2D eigenvalue weighted by Crippen LogP contribution is -2.51. The number of hydrogen-bond acceptors (Lipinski definition) is 2. The number of carbonyl (C=O) groups is 1. The van der Waals surface area contributed by atoms with Crippen LogP contribution in [0.2, 0.25) is 0 Å². The van der Waals surface area contributed by atoms with Gasteiger partial charge in [0.25, 0.3) is 0 Å². The monoisotopic (exact) mass is 308 g/mol. The van der Waals surface area contributed by atoms with Crippen LogP contribution in [0.15, 0.2) is 0 Å². The van der Waals surface area contributed by atoms with Gasteiger partial charge in [0.2, 0.25) is 5.91 Å². The highest BCUT2D eigenvalue weighted by Crippen LogP contribution is 2.44. The van der Waals surface area contributed by atoms with E-state index in [-0.39, 0.29) is 35.6 Å². The molecule has 3 nitrogen and oxygen atoms in total. The Balaban J connectivity index is 2.38. The minimum Gasteiger partial charge on any atom is -0.356 e. The molecule has 124 valence electrons. The van der Waals surface area contributed by atoms with Crippen molar-refractivity contribution in [3.05, 3.63) is 0 Å². The highest BCUT2D eigenvalue weighted by Gasteiger charge is 2.44. The summed E-state index contributed by atoms with van der Waals surface area (Å²) in [5, 5.41) is 2.78. The fourth-order valence-corrected chi connectivity index (χ4v) is 3.10. The number of nitrogens with two attached hydrogens (primary N) is 1. The molecule has 3 N–H and O–H groups in total. The van der Waals surface area contributed by atoms with Gasteiger partial charge in [-0.05, 0) is 37.0 Å². The van der Waals surface area contributed by atoms with Gasteiger partial charge in [-0.3, -0.25) is 4.79 Å². The molecule has 0 bridgehead atoms. The summed E-state index contributed by atoms with van der Waals surface area (Å²) in [6.45, 7) is 6.46. The van der Waals surface area contributed by atoms with Crippen molar-refractivity contribution in [2.24, 2.45) is 23.0 Å². The van der Waals surface area contributed by atoms with E-state index in [1.165, 1.54) is 0 Å². The molecule has 0 aromatic rings. The number of carbonyl (C=O) groups excluding carboxylic acids is 1. The minimum atomic E-state index is -4.11. The number of rotatable bonds is 5. The average molecular weight is 308 g/mol. The summed E-state index contributed by atoms with van der Waals surface area (Å²) in [6.07, 6.45) is -2.93. The van der Waals surface area contributed by atoms with Crippen LogP contribution in [0.4, 0.5) is 13.2 Å². The average Bonchev–Trinajstić information content (AvgIpc) is 2.34. The lowest BCUT2D eigenvalue weighted by atomic mass is 9.61. The second-order valence-corrected chi connectivity index (χ2v) is 6.77. The first kappa shape index (κ1) is 18.3. The van der Waals surface area contributed by atoms with Gasteiger partial charge in [-0.25, -0.2) is 0 Å². The van der Waals surface area contributed by atoms with Crippen LogP contribution < -0.4 is 11.1 Å². The molecule has 1 saturated carbocycles. The van der Waals surface area contributed by atoms with Crippen LogP contribution in [0.25, 0.3) is 0 Å². The smallest absolute Gasteiger partial charge is 0.356 e. The van der Waals surface area contributed by atoms with Crippen LogP contribution in [0.1, 0.15) is 52.9 Å². The maximum absolute atomic E-state index is 12.3. The molecule has 3 atom stereocenters. The molecular weight excluding hydrogens is 281 g/mol. The van der Waals surface area contributed by atoms with E-state index in [1.54, 1.807) is 0 Å². The first-order valence-electron chi connectivity index (χ1n) is 7.65. The Morgan fingerprint density at radius 3 is 2.48 bits per heavy atom. The Morgan fingerprint density at radius 1 is 1.29 bits per heavy atom. The van der Waals surface area contributed by atoms with Crippen LogP contribution in [0, 0.1) is 17.3 Å². The Morgan fingerprint density at radius 2 is 1.90 bits per heavy atom. The second-order valence-electron chi connectivity index (χ2n) is 6.77. The van der Waals surface area contributed by atoms with E-state index >= 15 is 0 Å². The van der Waals surface area contributed by atoms with Crippen molar-refractivity contribution in [1.29, 1.82) is 0 Å². The van der Waals surface area contributed by atoms with Gasteiger partial charge < -0.3 is 11.1 Å². The van der Waals surface area contributed by atoms with Gasteiger partial charge in [-0.1, -0.05) is 20.8 Å². The lowest BCUT2D eigenvalue weighted by molar-refractivity contribution is -0.135. The largest absolute Gasteiger partial charge is 0.389 e. The van der Waals surface area contributed by atoms with Gasteiger partial charge in [0.05, 0.1) is 0 Å². The van der Waals surface area contributed by atoms with Crippen molar-refractivity contribution in [2.45, 2.75) is 65.1 Å². The third kappa shape index (κ3) is 5.16. The molecule has 21 heavy (non-hydrogen) atoms. The van der Waals surface area contributed by atoms with Crippen molar-refractivity contribution >= 4 is 5.91 Å². The maximum Gasteiger partial charge on any atom is 0.389 e. The number of unbranched alkanes of at least 4 members (excludes halogenated alkanes) is 1. The zero-order valence-corrected chi connectivity index (χ0v) is 13.1. The van der Waals surface area contributed by atoms with E-state index in [2.05, 4.69) is 12.2 Å². The third-order valence-corrected chi connectivity index (χ3v) is 5.01.